The van der Waals surface area contributed by atoms with Crippen LogP contribution in [0.15, 0.2) is 185 Å². The Morgan fingerprint density at radius 3 is 2.17 bits per heavy atom. The average molecular weight is 683 g/mol. The van der Waals surface area contributed by atoms with Gasteiger partial charge in [0.25, 0.3) is 0 Å². The summed E-state index contributed by atoms with van der Waals surface area (Å²) in [4.78, 5) is 2.36. The lowest BCUT2D eigenvalue weighted by molar-refractivity contribution is 0.668. The molecule has 7 aromatic carbocycles. The fraction of sp³-hybridized carbons (Fsp3) is 0.0222. The molecule has 0 amide bonds. The van der Waals surface area contributed by atoms with Crippen LogP contribution in [-0.4, -0.2) is 0 Å². The third-order valence-corrected chi connectivity index (χ3v) is 9.56. The molecule has 8 aromatic rings. The molecular weight excluding hydrogens is 650 g/mol. The van der Waals surface area contributed by atoms with Gasteiger partial charge in [0.05, 0.1) is 5.69 Å². The average Bonchev–Trinajstić information content (AvgIpc) is 3.52. The third kappa shape index (κ3) is 5.33. The predicted octanol–water partition coefficient (Wildman–Crippen LogP) is 13.6. The Bertz CT molecular complexity index is 2560. The van der Waals surface area contributed by atoms with Crippen LogP contribution >= 0.6 is 15.9 Å². The highest BCUT2D eigenvalue weighted by Gasteiger charge is 2.18. The molecule has 0 N–H and O–H groups in total. The number of allylic oxidation sites excluding steroid dienone is 5. The van der Waals surface area contributed by atoms with Gasteiger partial charge in [-0.3, -0.25) is 0 Å². The molecule has 0 aliphatic carbocycles. The Balaban J connectivity index is 1.32. The van der Waals surface area contributed by atoms with Crippen molar-refractivity contribution in [1.29, 1.82) is 0 Å². The molecule has 48 heavy (non-hydrogen) atoms. The van der Waals surface area contributed by atoms with Crippen molar-refractivity contribution in [2.75, 3.05) is 4.90 Å². The lowest BCUT2D eigenvalue weighted by atomic mass is 9.99. The fourth-order valence-corrected chi connectivity index (χ4v) is 7.10. The van der Waals surface area contributed by atoms with Crippen molar-refractivity contribution >= 4 is 76.4 Å². The Morgan fingerprint density at radius 2 is 1.33 bits per heavy atom. The summed E-state index contributed by atoms with van der Waals surface area (Å²) in [5.41, 5.74) is 9.34. The summed E-state index contributed by atoms with van der Waals surface area (Å²) < 4.78 is 7.45. The maximum absolute atomic E-state index is 6.39. The van der Waals surface area contributed by atoms with E-state index in [0.29, 0.717) is 0 Å². The highest BCUT2D eigenvalue weighted by Crippen LogP contribution is 2.40. The summed E-state index contributed by atoms with van der Waals surface area (Å²) in [7, 11) is 0. The van der Waals surface area contributed by atoms with E-state index in [2.05, 4.69) is 180 Å². The van der Waals surface area contributed by atoms with E-state index in [1.54, 1.807) is 0 Å². The van der Waals surface area contributed by atoms with E-state index in [-0.39, 0.29) is 0 Å². The van der Waals surface area contributed by atoms with Crippen LogP contribution in [0, 0.1) is 0 Å². The molecule has 0 radical (unpaired) electrons. The first-order chi connectivity index (χ1) is 23.6. The van der Waals surface area contributed by atoms with E-state index in [4.69, 9.17) is 4.42 Å². The number of anilines is 2. The van der Waals surface area contributed by atoms with Crippen molar-refractivity contribution in [2.45, 2.75) is 6.92 Å². The quantitative estimate of drug-likeness (QED) is 0.123. The monoisotopic (exact) mass is 681 g/mol. The van der Waals surface area contributed by atoms with Gasteiger partial charge in [-0.15, -0.1) is 0 Å². The van der Waals surface area contributed by atoms with Crippen LogP contribution < -0.4 is 4.90 Å². The first-order valence-electron chi connectivity index (χ1n) is 16.1. The minimum atomic E-state index is 0.870. The Kier molecular flexibility index (Phi) is 7.76. The second-order valence-corrected chi connectivity index (χ2v) is 12.9. The lowest BCUT2D eigenvalue weighted by Gasteiger charge is -2.29. The van der Waals surface area contributed by atoms with Gasteiger partial charge < -0.3 is 9.32 Å². The number of halogens is 1. The van der Waals surface area contributed by atoms with Gasteiger partial charge in [-0.25, -0.2) is 0 Å². The van der Waals surface area contributed by atoms with Crippen LogP contribution in [0.25, 0.3) is 60.2 Å². The Morgan fingerprint density at radius 1 is 0.646 bits per heavy atom. The number of furan rings is 1. The van der Waals surface area contributed by atoms with Gasteiger partial charge in [-0.05, 0) is 82.1 Å². The summed E-state index contributed by atoms with van der Waals surface area (Å²) in [6.45, 7) is 6.38. The molecule has 3 heteroatoms. The van der Waals surface area contributed by atoms with E-state index in [1.807, 2.05) is 18.2 Å². The van der Waals surface area contributed by atoms with Crippen molar-refractivity contribution in [2.24, 2.45) is 0 Å². The molecule has 2 nitrogen and oxygen atoms in total. The molecule has 1 heterocycles. The second-order valence-electron chi connectivity index (χ2n) is 12.0. The molecule has 0 aliphatic rings. The van der Waals surface area contributed by atoms with E-state index < -0.39 is 0 Å². The fourth-order valence-electron chi connectivity index (χ4n) is 6.74. The number of nitrogens with zero attached hydrogens (tertiary/aromatic N) is 1. The van der Waals surface area contributed by atoms with Gasteiger partial charge in [0.1, 0.15) is 11.2 Å². The van der Waals surface area contributed by atoms with E-state index in [9.17, 15) is 0 Å². The Labute approximate surface area is 288 Å². The zero-order chi connectivity index (χ0) is 32.6. The van der Waals surface area contributed by atoms with E-state index in [1.165, 1.54) is 27.1 Å². The minimum Gasteiger partial charge on any atom is -0.455 e. The van der Waals surface area contributed by atoms with Crippen LogP contribution in [0.4, 0.5) is 11.4 Å². The van der Waals surface area contributed by atoms with Crippen LogP contribution in [0.1, 0.15) is 12.5 Å². The topological polar surface area (TPSA) is 16.4 Å². The van der Waals surface area contributed by atoms with E-state index >= 15 is 0 Å². The number of benzene rings is 7. The van der Waals surface area contributed by atoms with Crippen molar-refractivity contribution < 1.29 is 4.42 Å². The standard InChI is InChI=1S/C45H32BrNO/c1-3-31(38-16-11-17-40-39-15-8-10-19-44(39)48-45(38)40)21-20-30(2)47(43-18-9-7-14-37(43)32-12-5-4-6-13-32)36-27-25-34-23-22-33-24-26-35(46)28-41(33)42(34)29-36/h3-29H,1H2,2H3/b30-20+,31-21+. The molecule has 0 aliphatic heterocycles. The molecule has 1 aromatic heterocycles. The highest BCUT2D eigenvalue weighted by molar-refractivity contribution is 9.10. The van der Waals surface area contributed by atoms with Gasteiger partial charge in [0.15, 0.2) is 0 Å². The molecule has 0 bridgehead atoms. The van der Waals surface area contributed by atoms with Crippen LogP contribution in [0.2, 0.25) is 0 Å². The van der Waals surface area contributed by atoms with Crippen molar-refractivity contribution in [3.8, 4) is 11.1 Å². The van der Waals surface area contributed by atoms with E-state index in [0.717, 1.165) is 60.2 Å². The smallest absolute Gasteiger partial charge is 0.143 e. The summed E-state index contributed by atoms with van der Waals surface area (Å²) >= 11 is 3.71. The maximum Gasteiger partial charge on any atom is 0.143 e. The zero-order valence-corrected chi connectivity index (χ0v) is 28.1. The highest BCUT2D eigenvalue weighted by atomic mass is 79.9. The van der Waals surface area contributed by atoms with Crippen molar-refractivity contribution in [3.05, 3.63) is 186 Å². The molecule has 0 fully saturated rings. The molecule has 8 rings (SSSR count). The molecule has 0 saturated heterocycles. The molecule has 0 spiro atoms. The predicted molar refractivity (Wildman–Crippen MR) is 209 cm³/mol. The van der Waals surface area contributed by atoms with Crippen LogP contribution in [-0.2, 0) is 0 Å². The zero-order valence-electron chi connectivity index (χ0n) is 26.5. The molecule has 0 atom stereocenters. The van der Waals surface area contributed by atoms with Crippen LogP contribution in [0.3, 0.4) is 0 Å². The number of fused-ring (bicyclic) bond motifs is 6. The normalized spacial score (nSPS) is 12.3. The number of para-hydroxylation sites is 3. The number of rotatable bonds is 7. The summed E-state index contributed by atoms with van der Waals surface area (Å²) in [5, 5.41) is 7.06. The van der Waals surface area contributed by atoms with Gasteiger partial charge in [-0.1, -0.05) is 144 Å². The summed E-state index contributed by atoms with van der Waals surface area (Å²) in [6.07, 6.45) is 6.24. The molecule has 0 unspecified atom stereocenters. The Hall–Kier alpha value is -5.64. The van der Waals surface area contributed by atoms with Gasteiger partial charge in [0, 0.05) is 37.8 Å². The maximum atomic E-state index is 6.39. The van der Waals surface area contributed by atoms with Gasteiger partial charge >= 0.3 is 0 Å². The third-order valence-electron chi connectivity index (χ3n) is 9.06. The van der Waals surface area contributed by atoms with Gasteiger partial charge in [0.2, 0.25) is 0 Å². The second kappa shape index (κ2) is 12.5. The summed E-state index contributed by atoms with van der Waals surface area (Å²) in [6, 6.07) is 51.4. The minimum absolute atomic E-state index is 0.870. The number of hydrogen-bond acceptors (Lipinski definition) is 2. The molecule has 0 saturated carbocycles. The summed E-state index contributed by atoms with van der Waals surface area (Å²) in [5.74, 6) is 0. The van der Waals surface area contributed by atoms with Crippen molar-refractivity contribution in [3.63, 3.8) is 0 Å². The number of hydrogen-bond donors (Lipinski definition) is 0. The first kappa shape index (κ1) is 29.7. The van der Waals surface area contributed by atoms with Crippen LogP contribution in [0.5, 0.6) is 0 Å². The molecular formula is C45H32BrNO. The van der Waals surface area contributed by atoms with Gasteiger partial charge in [-0.2, -0.15) is 0 Å². The first-order valence-corrected chi connectivity index (χ1v) is 16.9. The lowest BCUT2D eigenvalue weighted by Crippen LogP contribution is -2.15. The van der Waals surface area contributed by atoms with Crippen molar-refractivity contribution in [1.82, 2.24) is 0 Å². The largest absolute Gasteiger partial charge is 0.455 e. The SMILES string of the molecule is C=C/C(=C\C=C(/C)N(c1ccc2ccc3ccc(Br)cc3c2c1)c1ccccc1-c1ccccc1)c1cccc2c1oc1ccccc12. The molecule has 230 valence electrons.